The largest absolute Gasteiger partial charge is 0.458 e. The van der Waals surface area contributed by atoms with Gasteiger partial charge in [-0.25, -0.2) is 14.8 Å². The van der Waals surface area contributed by atoms with Gasteiger partial charge in [-0.15, -0.1) is 0 Å². The molecule has 1 aromatic rings. The Bertz CT molecular complexity index is 1340. The van der Waals surface area contributed by atoms with E-state index in [4.69, 9.17) is 19.7 Å². The van der Waals surface area contributed by atoms with Crippen molar-refractivity contribution in [2.24, 2.45) is 40.5 Å². The van der Waals surface area contributed by atoms with E-state index in [1.165, 1.54) is 0 Å². The fourth-order valence-corrected chi connectivity index (χ4v) is 8.11. The summed E-state index contributed by atoms with van der Waals surface area (Å²) in [7, 11) is 0. The molecule has 0 bridgehead atoms. The third kappa shape index (κ3) is 7.22. The van der Waals surface area contributed by atoms with Gasteiger partial charge < -0.3 is 19.3 Å². The lowest BCUT2D eigenvalue weighted by molar-refractivity contribution is -0.204. The van der Waals surface area contributed by atoms with Crippen molar-refractivity contribution in [1.82, 2.24) is 4.98 Å². The van der Waals surface area contributed by atoms with Gasteiger partial charge in [0.1, 0.15) is 18.0 Å². The third-order valence-corrected chi connectivity index (χ3v) is 10.1. The quantitative estimate of drug-likeness (QED) is 0.126. The number of aliphatic imine (C=N–C) groups is 1. The zero-order valence-electron chi connectivity index (χ0n) is 28.1. The van der Waals surface area contributed by atoms with E-state index in [9.17, 15) is 9.59 Å². The first-order valence-electron chi connectivity index (χ1n) is 16.3. The van der Waals surface area contributed by atoms with E-state index < -0.39 is 0 Å². The van der Waals surface area contributed by atoms with Crippen LogP contribution in [0.2, 0.25) is 0 Å². The van der Waals surface area contributed by atoms with Gasteiger partial charge in [-0.1, -0.05) is 48.1 Å². The number of aromatic nitrogens is 1. The van der Waals surface area contributed by atoms with Gasteiger partial charge in [-0.05, 0) is 106 Å². The Hall–Kier alpha value is -3.13. The molecule has 242 valence electrons. The molecular formula is C36H52N2O6. The van der Waals surface area contributed by atoms with Gasteiger partial charge in [0, 0.05) is 17.8 Å². The molecule has 2 saturated carbocycles. The highest BCUT2D eigenvalue weighted by Crippen LogP contribution is 2.38. The van der Waals surface area contributed by atoms with Crippen LogP contribution in [0, 0.1) is 49.4 Å². The molecule has 4 rings (SSSR count). The molecule has 1 aromatic heterocycles. The summed E-state index contributed by atoms with van der Waals surface area (Å²) in [6, 6.07) is 0. The summed E-state index contributed by atoms with van der Waals surface area (Å²) in [5, 5.41) is 9.03. The molecule has 2 fully saturated rings. The smallest absolute Gasteiger partial charge is 0.340 e. The van der Waals surface area contributed by atoms with Crippen LogP contribution in [0.25, 0.3) is 6.08 Å². The highest BCUT2D eigenvalue weighted by molar-refractivity contribution is 6.23. The molecule has 8 nitrogen and oxygen atoms in total. The van der Waals surface area contributed by atoms with Gasteiger partial charge in [0.05, 0.1) is 22.5 Å². The van der Waals surface area contributed by atoms with E-state index in [2.05, 4.69) is 58.0 Å². The van der Waals surface area contributed by atoms with Crippen LogP contribution < -0.4 is 0 Å². The molecule has 4 atom stereocenters. The monoisotopic (exact) mass is 608 g/mol. The number of aromatic amines is 1. The number of esters is 2. The summed E-state index contributed by atoms with van der Waals surface area (Å²) in [6.45, 7) is 22.5. The molecule has 1 aliphatic heterocycles. The van der Waals surface area contributed by atoms with Gasteiger partial charge in [0.2, 0.25) is 0 Å². The number of allylic oxidation sites excluding steroid dienone is 2. The van der Waals surface area contributed by atoms with Crippen LogP contribution in [-0.2, 0) is 19.2 Å². The van der Waals surface area contributed by atoms with Gasteiger partial charge >= 0.3 is 11.9 Å². The predicted molar refractivity (Wildman–Crippen MR) is 173 cm³/mol. The summed E-state index contributed by atoms with van der Waals surface area (Å²) in [6.07, 6.45) is 6.41. The van der Waals surface area contributed by atoms with Crippen molar-refractivity contribution in [2.45, 2.75) is 113 Å². The first-order chi connectivity index (χ1) is 20.7. The summed E-state index contributed by atoms with van der Waals surface area (Å²) in [5.74, 6) is 1.89. The van der Waals surface area contributed by atoms with E-state index in [0.717, 1.165) is 42.6 Å². The number of nitrogens with one attached hydrogen (secondary N) is 1. The summed E-state index contributed by atoms with van der Waals surface area (Å²) >= 11 is 0. The summed E-state index contributed by atoms with van der Waals surface area (Å²) in [4.78, 5) is 39.7. The fraction of sp³-hybridized carbons (Fsp3) is 0.639. The lowest BCUT2D eigenvalue weighted by Crippen LogP contribution is -2.38. The number of aryl methyl sites for hydroxylation is 1. The number of nitrogens with zero attached hydrogens (tertiary/aromatic N) is 1. The normalized spacial score (nSPS) is 31.6. The highest BCUT2D eigenvalue weighted by atomic mass is 17.1. The van der Waals surface area contributed by atoms with Gasteiger partial charge in [0.25, 0.3) is 0 Å². The van der Waals surface area contributed by atoms with Crippen molar-refractivity contribution >= 4 is 23.7 Å². The molecule has 4 unspecified atom stereocenters. The fourth-order valence-electron chi connectivity index (χ4n) is 8.11. The SMILES string of the molecule is C=C(CCC1=NC(=Cc2[nH]c(C)c(C(=O)OC3C(C)CC(C)CC3C)c2C)C(C)=C1C(=O)OC1C(C)CC(C)CC1C)OO. The first kappa shape index (κ1) is 33.8. The topological polar surface area (TPSA) is 110 Å². The lowest BCUT2D eigenvalue weighted by atomic mass is 9.75. The second kappa shape index (κ2) is 13.9. The van der Waals surface area contributed by atoms with Crippen LogP contribution in [0.4, 0.5) is 0 Å². The van der Waals surface area contributed by atoms with Crippen molar-refractivity contribution < 1.29 is 29.2 Å². The van der Waals surface area contributed by atoms with E-state index in [1.807, 2.05) is 26.8 Å². The van der Waals surface area contributed by atoms with Crippen molar-refractivity contribution in [1.29, 1.82) is 0 Å². The minimum atomic E-state index is -0.382. The van der Waals surface area contributed by atoms with Crippen molar-refractivity contribution in [3.05, 3.63) is 51.7 Å². The molecule has 3 aliphatic rings. The minimum Gasteiger partial charge on any atom is -0.458 e. The molecule has 0 spiro atoms. The van der Waals surface area contributed by atoms with E-state index in [1.54, 1.807) is 0 Å². The number of H-pyrrole nitrogens is 1. The molecule has 2 N–H and O–H groups in total. The van der Waals surface area contributed by atoms with Crippen LogP contribution in [-0.4, -0.2) is 40.1 Å². The molecule has 0 amide bonds. The van der Waals surface area contributed by atoms with Crippen molar-refractivity contribution in [3.63, 3.8) is 0 Å². The van der Waals surface area contributed by atoms with Gasteiger partial charge in [0.15, 0.2) is 0 Å². The second-order valence-corrected chi connectivity index (χ2v) is 14.2. The maximum absolute atomic E-state index is 13.7. The minimum absolute atomic E-state index is 0.106. The van der Waals surface area contributed by atoms with E-state index in [0.29, 0.717) is 64.6 Å². The first-order valence-corrected chi connectivity index (χ1v) is 16.3. The molecule has 2 heterocycles. The molecule has 8 heteroatoms. The number of carbonyl (C=O) groups excluding carboxylic acids is 2. The van der Waals surface area contributed by atoms with Crippen LogP contribution in [0.1, 0.15) is 114 Å². The number of hydrogen-bond acceptors (Lipinski definition) is 7. The molecular weight excluding hydrogens is 556 g/mol. The van der Waals surface area contributed by atoms with E-state index >= 15 is 0 Å². The zero-order valence-corrected chi connectivity index (χ0v) is 28.1. The third-order valence-electron chi connectivity index (χ3n) is 10.1. The number of ether oxygens (including phenoxy) is 2. The summed E-state index contributed by atoms with van der Waals surface area (Å²) in [5.41, 5.74) is 5.14. The Labute approximate surface area is 263 Å². The Morgan fingerprint density at radius 1 is 0.886 bits per heavy atom. The highest BCUT2D eigenvalue weighted by Gasteiger charge is 2.38. The lowest BCUT2D eigenvalue weighted by Gasteiger charge is -2.37. The second-order valence-electron chi connectivity index (χ2n) is 14.2. The molecule has 2 aliphatic carbocycles. The molecule has 44 heavy (non-hydrogen) atoms. The maximum Gasteiger partial charge on any atom is 0.340 e. The Morgan fingerprint density at radius 2 is 1.39 bits per heavy atom. The Kier molecular flexibility index (Phi) is 10.7. The van der Waals surface area contributed by atoms with Gasteiger partial charge in [-0.2, -0.15) is 0 Å². The maximum atomic E-state index is 13.7. The standard InChI is InChI=1S/C36H52N2O6/c1-18-13-20(3)33(21(4)14-18)42-35(39)31-25(8)29(37-27(31)10)17-30-26(9)32(28(38-30)12-11-24(7)44-41)36(40)43-34-22(5)15-19(2)16-23(34)6/h17-23,33-34,37,41H,7,11-16H2,1-6,8-10H3. The number of hydrogen-bond donors (Lipinski definition) is 2. The average molecular weight is 609 g/mol. The van der Waals surface area contributed by atoms with Crippen LogP contribution in [0.5, 0.6) is 0 Å². The summed E-state index contributed by atoms with van der Waals surface area (Å²) < 4.78 is 12.3. The average Bonchev–Trinajstić information content (AvgIpc) is 3.40. The van der Waals surface area contributed by atoms with Crippen LogP contribution in [0.15, 0.2) is 34.2 Å². The Morgan fingerprint density at radius 3 is 1.89 bits per heavy atom. The Balaban J connectivity index is 1.62. The molecule has 0 radical (unpaired) electrons. The van der Waals surface area contributed by atoms with Crippen molar-refractivity contribution in [2.75, 3.05) is 0 Å². The molecule has 0 aromatic carbocycles. The van der Waals surface area contributed by atoms with E-state index in [-0.39, 0.29) is 41.7 Å². The number of carbonyl (C=O) groups is 2. The van der Waals surface area contributed by atoms with Crippen LogP contribution in [0.3, 0.4) is 0 Å². The molecule has 0 saturated heterocycles. The van der Waals surface area contributed by atoms with Gasteiger partial charge in [-0.3, -0.25) is 4.99 Å². The number of rotatable bonds is 9. The predicted octanol–water partition coefficient (Wildman–Crippen LogP) is 8.37. The zero-order chi connectivity index (χ0) is 32.5. The van der Waals surface area contributed by atoms with Crippen molar-refractivity contribution in [3.8, 4) is 0 Å². The van der Waals surface area contributed by atoms with Crippen LogP contribution >= 0.6 is 0 Å².